The summed E-state index contributed by atoms with van der Waals surface area (Å²) >= 11 is 0. The molecule has 2 aromatic rings. The first-order valence-corrected chi connectivity index (χ1v) is 7.81. The van der Waals surface area contributed by atoms with E-state index >= 15 is 0 Å². The fraction of sp³-hybridized carbons (Fsp3) is 0.412. The van der Waals surface area contributed by atoms with Crippen molar-refractivity contribution >= 4 is 11.8 Å². The van der Waals surface area contributed by atoms with Crippen molar-refractivity contribution in [3.63, 3.8) is 0 Å². The summed E-state index contributed by atoms with van der Waals surface area (Å²) in [4.78, 5) is 14.0. The van der Waals surface area contributed by atoms with E-state index in [9.17, 15) is 9.90 Å². The predicted octanol–water partition coefficient (Wildman–Crippen LogP) is 2.02. The molecule has 0 spiro atoms. The minimum absolute atomic E-state index is 0.146. The van der Waals surface area contributed by atoms with Crippen molar-refractivity contribution in [2.75, 3.05) is 32.5 Å². The van der Waals surface area contributed by atoms with E-state index in [-0.39, 0.29) is 11.9 Å². The smallest absolute Gasteiger partial charge is 0.320 e. The number of benzene rings is 1. The van der Waals surface area contributed by atoms with Crippen LogP contribution in [-0.4, -0.2) is 48.4 Å². The van der Waals surface area contributed by atoms with E-state index < -0.39 is 6.10 Å². The third kappa shape index (κ3) is 5.36. The van der Waals surface area contributed by atoms with Crippen molar-refractivity contribution < 1.29 is 14.4 Å². The molecule has 1 aromatic carbocycles. The molecule has 24 heavy (non-hydrogen) atoms. The highest BCUT2D eigenvalue weighted by molar-refractivity contribution is 5.88. The number of aryl methyl sites for hydroxylation is 1. The number of aromatic nitrogens is 1. The average molecular weight is 332 g/mol. The Morgan fingerprint density at radius 2 is 2.04 bits per heavy atom. The Balaban J connectivity index is 1.94. The van der Waals surface area contributed by atoms with Crippen molar-refractivity contribution in [1.82, 2.24) is 15.4 Å². The van der Waals surface area contributed by atoms with Crippen LogP contribution in [0.3, 0.4) is 0 Å². The average Bonchev–Trinajstić information content (AvgIpc) is 2.96. The van der Waals surface area contributed by atoms with Crippen LogP contribution in [0.5, 0.6) is 0 Å². The van der Waals surface area contributed by atoms with Gasteiger partial charge in [0.2, 0.25) is 0 Å². The van der Waals surface area contributed by atoms with Crippen molar-refractivity contribution in [3.8, 4) is 0 Å². The lowest BCUT2D eigenvalue weighted by atomic mass is 9.95. The molecule has 2 rings (SSSR count). The highest BCUT2D eigenvalue weighted by Gasteiger charge is 2.22. The number of rotatable bonds is 7. The molecule has 0 aliphatic rings. The largest absolute Gasteiger partial charge is 0.388 e. The molecule has 7 heteroatoms. The molecule has 0 saturated heterocycles. The summed E-state index contributed by atoms with van der Waals surface area (Å²) in [6, 6.07) is 10.7. The van der Waals surface area contributed by atoms with Crippen LogP contribution in [0.2, 0.25) is 0 Å². The zero-order chi connectivity index (χ0) is 17.5. The lowest BCUT2D eigenvalue weighted by Gasteiger charge is -2.26. The maximum absolute atomic E-state index is 12.0. The first-order chi connectivity index (χ1) is 11.5. The number of hydrogen-bond acceptors (Lipinski definition) is 5. The Morgan fingerprint density at radius 1 is 1.33 bits per heavy atom. The summed E-state index contributed by atoms with van der Waals surface area (Å²) in [6.45, 7) is 2.72. The van der Waals surface area contributed by atoms with Gasteiger partial charge >= 0.3 is 6.03 Å². The second-order valence-corrected chi connectivity index (χ2v) is 6.04. The van der Waals surface area contributed by atoms with Crippen LogP contribution >= 0.6 is 0 Å². The molecule has 0 fully saturated rings. The highest BCUT2D eigenvalue weighted by Crippen LogP contribution is 2.22. The van der Waals surface area contributed by atoms with Gasteiger partial charge in [-0.05, 0) is 26.6 Å². The van der Waals surface area contributed by atoms with E-state index in [1.165, 1.54) is 0 Å². The summed E-state index contributed by atoms with van der Waals surface area (Å²) in [6.07, 6.45) is -0.664. The number of nitrogens with zero attached hydrogens (tertiary/aromatic N) is 2. The quantitative estimate of drug-likeness (QED) is 0.721. The number of hydrogen-bond donors (Lipinski definition) is 3. The Kier molecular flexibility index (Phi) is 6.34. The number of urea groups is 1. The number of carbonyl (C=O) groups excluding carboxylic acids is 1. The Hall–Kier alpha value is -2.38. The number of amides is 2. The monoisotopic (exact) mass is 332 g/mol. The Morgan fingerprint density at radius 3 is 2.62 bits per heavy atom. The second kappa shape index (κ2) is 8.47. The molecule has 0 saturated carbocycles. The van der Waals surface area contributed by atoms with Crippen LogP contribution in [-0.2, 0) is 0 Å². The van der Waals surface area contributed by atoms with Gasteiger partial charge < -0.3 is 19.8 Å². The molecule has 0 radical (unpaired) electrons. The predicted molar refractivity (Wildman–Crippen MR) is 91.7 cm³/mol. The van der Waals surface area contributed by atoms with E-state index in [4.69, 9.17) is 4.52 Å². The van der Waals surface area contributed by atoms with Gasteiger partial charge in [-0.3, -0.25) is 5.32 Å². The molecule has 130 valence electrons. The third-order valence-electron chi connectivity index (χ3n) is 3.58. The lowest BCUT2D eigenvalue weighted by molar-refractivity contribution is 0.0911. The van der Waals surface area contributed by atoms with Gasteiger partial charge in [0.15, 0.2) is 5.82 Å². The minimum atomic E-state index is -0.664. The maximum Gasteiger partial charge on any atom is 0.320 e. The van der Waals surface area contributed by atoms with Gasteiger partial charge in [-0.25, -0.2) is 4.79 Å². The van der Waals surface area contributed by atoms with Crippen molar-refractivity contribution in [2.45, 2.75) is 13.0 Å². The zero-order valence-electron chi connectivity index (χ0n) is 14.2. The summed E-state index contributed by atoms with van der Waals surface area (Å²) in [5, 5.41) is 19.7. The first-order valence-electron chi connectivity index (χ1n) is 7.81. The Bertz CT molecular complexity index is 642. The van der Waals surface area contributed by atoms with Crippen molar-refractivity contribution in [2.24, 2.45) is 5.92 Å². The Labute approximate surface area is 141 Å². The fourth-order valence-corrected chi connectivity index (χ4v) is 2.48. The van der Waals surface area contributed by atoms with E-state index in [1.54, 1.807) is 13.0 Å². The molecule has 0 aliphatic heterocycles. The molecular weight excluding hydrogens is 308 g/mol. The number of carbonyl (C=O) groups is 1. The van der Waals surface area contributed by atoms with Gasteiger partial charge in [-0.1, -0.05) is 35.5 Å². The summed E-state index contributed by atoms with van der Waals surface area (Å²) in [7, 11) is 3.87. The van der Waals surface area contributed by atoms with Gasteiger partial charge in [0.25, 0.3) is 0 Å². The first kappa shape index (κ1) is 18.0. The van der Waals surface area contributed by atoms with Gasteiger partial charge in [-0.15, -0.1) is 0 Å². The highest BCUT2D eigenvalue weighted by atomic mass is 16.5. The van der Waals surface area contributed by atoms with Crippen molar-refractivity contribution in [1.29, 1.82) is 0 Å². The maximum atomic E-state index is 12.0. The van der Waals surface area contributed by atoms with Gasteiger partial charge in [0.1, 0.15) is 5.76 Å². The fourth-order valence-electron chi connectivity index (χ4n) is 2.48. The third-order valence-corrected chi connectivity index (χ3v) is 3.58. The summed E-state index contributed by atoms with van der Waals surface area (Å²) in [5.41, 5.74) is 0.832. The number of aliphatic hydroxyl groups is 1. The second-order valence-electron chi connectivity index (χ2n) is 6.04. The van der Waals surface area contributed by atoms with E-state index in [0.717, 1.165) is 5.56 Å². The van der Waals surface area contributed by atoms with Crippen LogP contribution in [0.25, 0.3) is 0 Å². The topological polar surface area (TPSA) is 90.6 Å². The SMILES string of the molecule is Cc1cc(NC(=O)NC[C@H](CN(C)C)[C@H](O)c2ccccc2)no1. The van der Waals surface area contributed by atoms with E-state index in [2.05, 4.69) is 15.8 Å². The number of anilines is 1. The van der Waals surface area contributed by atoms with Crippen LogP contribution in [0, 0.1) is 12.8 Å². The molecule has 0 aliphatic carbocycles. The zero-order valence-corrected chi connectivity index (χ0v) is 14.2. The summed E-state index contributed by atoms with van der Waals surface area (Å²) < 4.78 is 4.90. The van der Waals surface area contributed by atoms with E-state index in [1.807, 2.05) is 49.3 Å². The molecular formula is C17H24N4O3. The van der Waals surface area contributed by atoms with Crippen molar-refractivity contribution in [3.05, 3.63) is 47.7 Å². The molecule has 0 unspecified atom stereocenters. The van der Waals surface area contributed by atoms with Crippen LogP contribution < -0.4 is 10.6 Å². The van der Waals surface area contributed by atoms with E-state index in [0.29, 0.717) is 24.7 Å². The number of nitrogens with one attached hydrogen (secondary N) is 2. The molecule has 2 amide bonds. The molecule has 1 heterocycles. The number of aliphatic hydroxyl groups excluding tert-OH is 1. The van der Waals surface area contributed by atoms with Crippen LogP contribution in [0.4, 0.5) is 10.6 Å². The van der Waals surface area contributed by atoms with Gasteiger partial charge in [0, 0.05) is 25.1 Å². The molecule has 0 bridgehead atoms. The van der Waals surface area contributed by atoms with Crippen LogP contribution in [0.15, 0.2) is 40.9 Å². The minimum Gasteiger partial charge on any atom is -0.388 e. The molecule has 7 nitrogen and oxygen atoms in total. The molecule has 1 aromatic heterocycles. The van der Waals surface area contributed by atoms with Gasteiger partial charge in [-0.2, -0.15) is 0 Å². The molecule has 2 atom stereocenters. The summed E-state index contributed by atoms with van der Waals surface area (Å²) in [5.74, 6) is 0.834. The van der Waals surface area contributed by atoms with Gasteiger partial charge in [0.05, 0.1) is 6.10 Å². The lowest BCUT2D eigenvalue weighted by Crippen LogP contribution is -2.39. The standard InChI is InChI=1S/C17H24N4O3/c1-12-9-15(20-24-12)19-17(23)18-10-14(11-21(2)3)16(22)13-7-5-4-6-8-13/h4-9,14,16,22H,10-11H2,1-3H3,(H2,18,19,20,23)/t14-,16-/m1/s1. The molecule has 3 N–H and O–H groups in total. The van der Waals surface area contributed by atoms with Crippen LogP contribution in [0.1, 0.15) is 17.4 Å². The normalized spacial score (nSPS) is 13.5.